The van der Waals surface area contributed by atoms with Crippen molar-refractivity contribution in [3.63, 3.8) is 0 Å². The molecule has 12 heavy (non-hydrogen) atoms. The summed E-state index contributed by atoms with van der Waals surface area (Å²) in [6, 6.07) is 0. The van der Waals surface area contributed by atoms with Gasteiger partial charge in [0, 0.05) is 19.0 Å². The summed E-state index contributed by atoms with van der Waals surface area (Å²) >= 11 is 0. The third-order valence-electron chi connectivity index (χ3n) is 1.13. The molecule has 1 rings (SSSR count). The lowest BCUT2D eigenvalue weighted by atomic mass is 10.3. The van der Waals surface area contributed by atoms with Crippen LogP contribution in [0.1, 0.15) is 12.1 Å². The molecule has 0 radical (unpaired) electrons. The van der Waals surface area contributed by atoms with Crippen molar-refractivity contribution in [3.05, 3.63) is 11.9 Å². The zero-order chi connectivity index (χ0) is 8.65. The molecule has 0 fully saturated rings. The third kappa shape index (κ3) is 3.13. The number of aryl methyl sites for hydroxylation is 1. The van der Waals surface area contributed by atoms with Crippen molar-refractivity contribution in [2.75, 3.05) is 0 Å². The van der Waals surface area contributed by atoms with Crippen LogP contribution in [0.2, 0.25) is 0 Å². The highest BCUT2D eigenvalue weighted by Gasteiger charge is 1.91. The van der Waals surface area contributed by atoms with Gasteiger partial charge in [-0.05, 0) is 0 Å². The minimum atomic E-state index is -0.412. The van der Waals surface area contributed by atoms with E-state index in [0.717, 1.165) is 5.69 Å². The number of aromatic nitrogens is 3. The second kappa shape index (κ2) is 5.28. The Morgan fingerprint density at radius 3 is 3.33 bits per heavy atom. The van der Waals surface area contributed by atoms with Gasteiger partial charge in [0.1, 0.15) is 6.11 Å². The van der Waals surface area contributed by atoms with Crippen molar-refractivity contribution in [2.24, 2.45) is 0 Å². The van der Waals surface area contributed by atoms with Crippen molar-refractivity contribution < 1.29 is 9.09 Å². The smallest absolute Gasteiger partial charge is 0.353 e. The number of hydrogen-bond acceptors (Lipinski definition) is 4. The molecule has 1 aromatic rings. The molecule has 62 valence electrons. The fourth-order valence-corrected chi connectivity index (χ4v) is 0.742. The van der Waals surface area contributed by atoms with Gasteiger partial charge in [0.2, 0.25) is 0 Å². The first-order chi connectivity index (χ1) is 5.93. The maximum Gasteiger partial charge on any atom is 0.405 e. The Bertz CT molecular complexity index is 287. The summed E-state index contributed by atoms with van der Waals surface area (Å²) in [7, 11) is -0.412. The molecule has 0 saturated carbocycles. The summed E-state index contributed by atoms with van der Waals surface area (Å²) in [6.07, 6.45) is 5.29. The molecule has 0 atom stereocenters. The van der Waals surface area contributed by atoms with Crippen molar-refractivity contribution in [1.29, 1.82) is 0 Å². The van der Waals surface area contributed by atoms with Crippen LogP contribution in [0.4, 0.5) is 0 Å². The Labute approximate surface area is 70.8 Å². The van der Waals surface area contributed by atoms with Gasteiger partial charge in [0.25, 0.3) is 0 Å². The van der Waals surface area contributed by atoms with Crippen molar-refractivity contribution in [2.45, 2.75) is 12.8 Å². The van der Waals surface area contributed by atoms with Crippen LogP contribution in [0.5, 0.6) is 0 Å². The van der Waals surface area contributed by atoms with Crippen molar-refractivity contribution in [3.8, 4) is 12.0 Å². The molecular formula is C6H6N3O2P. The second-order valence-electron chi connectivity index (χ2n) is 1.91. The second-order valence-corrected chi connectivity index (χ2v) is 2.24. The number of aromatic amines is 1. The van der Waals surface area contributed by atoms with Crippen LogP contribution in [0, 0.1) is 12.0 Å². The van der Waals surface area contributed by atoms with E-state index in [1.807, 2.05) is 0 Å². The van der Waals surface area contributed by atoms with Crippen LogP contribution in [0.25, 0.3) is 0 Å². The van der Waals surface area contributed by atoms with E-state index in [-0.39, 0.29) is 0 Å². The Balaban J connectivity index is 2.20. The first kappa shape index (κ1) is 8.69. The maximum absolute atomic E-state index is 9.74. The first-order valence-electron chi connectivity index (χ1n) is 3.25. The topological polar surface area (TPSA) is 67.9 Å². The van der Waals surface area contributed by atoms with E-state index in [9.17, 15) is 4.57 Å². The summed E-state index contributed by atoms with van der Waals surface area (Å²) in [6.45, 7) is 0. The molecule has 0 aliphatic rings. The molecule has 0 amide bonds. The van der Waals surface area contributed by atoms with Crippen LogP contribution in [-0.2, 0) is 15.5 Å². The van der Waals surface area contributed by atoms with Gasteiger partial charge in [-0.3, -0.25) is 5.10 Å². The van der Waals surface area contributed by atoms with Gasteiger partial charge in [-0.2, -0.15) is 0 Å². The quantitative estimate of drug-likeness (QED) is 0.558. The van der Waals surface area contributed by atoms with Gasteiger partial charge >= 0.3 is 8.69 Å². The van der Waals surface area contributed by atoms with Crippen molar-refractivity contribution in [1.82, 2.24) is 15.4 Å². The fraction of sp³-hybridized carbons (Fsp3) is 0.333. The highest BCUT2D eigenvalue weighted by atomic mass is 31.1. The normalized spacial score (nSPS) is 9.00. The summed E-state index contributed by atoms with van der Waals surface area (Å²) < 4.78 is 14.0. The van der Waals surface area contributed by atoms with Crippen molar-refractivity contribution >= 4 is 8.69 Å². The molecule has 1 N–H and O–H groups in total. The van der Waals surface area contributed by atoms with Gasteiger partial charge in [-0.1, -0.05) is 11.1 Å². The van der Waals surface area contributed by atoms with Crippen LogP contribution in [0.15, 0.2) is 6.20 Å². The minimum absolute atomic E-state index is 0.412. The molecular weight excluding hydrogens is 177 g/mol. The lowest BCUT2D eigenvalue weighted by Crippen LogP contribution is -1.82. The number of H-pyrrole nitrogens is 1. The SMILES string of the molecule is O=POC#CCCc1c[nH]nn1. The summed E-state index contributed by atoms with van der Waals surface area (Å²) in [4.78, 5) is 0. The number of nitrogens with zero attached hydrogens (tertiary/aromatic N) is 2. The largest absolute Gasteiger partial charge is 0.405 e. The van der Waals surface area contributed by atoms with E-state index in [1.165, 1.54) is 0 Å². The van der Waals surface area contributed by atoms with Gasteiger partial charge in [-0.15, -0.1) is 5.10 Å². The maximum atomic E-state index is 9.74. The van der Waals surface area contributed by atoms with Gasteiger partial charge in [0.05, 0.1) is 5.69 Å². The Hall–Kier alpha value is -1.40. The van der Waals surface area contributed by atoms with E-state index in [1.54, 1.807) is 6.20 Å². The fourth-order valence-electron chi connectivity index (χ4n) is 0.640. The summed E-state index contributed by atoms with van der Waals surface area (Å²) in [5.41, 5.74) is 0.851. The zero-order valence-corrected chi connectivity index (χ0v) is 7.04. The number of hydrogen-bond donors (Lipinski definition) is 1. The van der Waals surface area contributed by atoms with E-state index < -0.39 is 8.69 Å². The summed E-state index contributed by atoms with van der Waals surface area (Å²) in [5, 5.41) is 9.88. The van der Waals surface area contributed by atoms with Gasteiger partial charge in [0.15, 0.2) is 0 Å². The van der Waals surface area contributed by atoms with Crippen LogP contribution in [0.3, 0.4) is 0 Å². The monoisotopic (exact) mass is 183 g/mol. The molecule has 6 heteroatoms. The molecule has 0 unspecified atom stereocenters. The lowest BCUT2D eigenvalue weighted by molar-refractivity contribution is 0.506. The van der Waals surface area contributed by atoms with E-state index >= 15 is 0 Å². The molecule has 0 aliphatic carbocycles. The number of nitrogens with one attached hydrogen (secondary N) is 1. The number of rotatable bonds is 3. The minimum Gasteiger partial charge on any atom is -0.353 e. The highest BCUT2D eigenvalue weighted by molar-refractivity contribution is 7.17. The molecule has 1 heterocycles. The molecule has 0 saturated heterocycles. The van der Waals surface area contributed by atoms with Gasteiger partial charge < -0.3 is 4.52 Å². The predicted molar refractivity (Wildman–Crippen MR) is 41.2 cm³/mol. The van der Waals surface area contributed by atoms with E-state index in [2.05, 4.69) is 32.0 Å². The standard InChI is InChI=1S/C6H6N3O2P/c10-12-11-4-2-1-3-6-5-7-9-8-6/h5H,1,3H2,(H,7,8,9). The summed E-state index contributed by atoms with van der Waals surface area (Å²) in [5.74, 6) is 2.66. The molecule has 0 aliphatic heterocycles. The Kier molecular flexibility index (Phi) is 3.82. The highest BCUT2D eigenvalue weighted by Crippen LogP contribution is 1.94. The molecule has 1 aromatic heterocycles. The van der Waals surface area contributed by atoms with Gasteiger partial charge in [-0.25, -0.2) is 4.57 Å². The Morgan fingerprint density at radius 2 is 2.67 bits per heavy atom. The Morgan fingerprint density at radius 1 is 1.75 bits per heavy atom. The molecule has 0 spiro atoms. The van der Waals surface area contributed by atoms with E-state index in [4.69, 9.17) is 0 Å². The first-order valence-corrected chi connectivity index (χ1v) is 3.98. The predicted octanol–water partition coefficient (Wildman–Crippen LogP) is 0.921. The molecule has 5 nitrogen and oxygen atoms in total. The molecule has 0 aromatic carbocycles. The van der Waals surface area contributed by atoms with E-state index in [0.29, 0.717) is 12.8 Å². The third-order valence-corrected chi connectivity index (χ3v) is 1.29. The lowest BCUT2D eigenvalue weighted by Gasteiger charge is -1.83. The van der Waals surface area contributed by atoms with Crippen LogP contribution < -0.4 is 0 Å². The van der Waals surface area contributed by atoms with Crippen LogP contribution >= 0.6 is 8.69 Å². The van der Waals surface area contributed by atoms with Crippen LogP contribution in [-0.4, -0.2) is 15.4 Å². The zero-order valence-electron chi connectivity index (χ0n) is 6.15. The average Bonchev–Trinajstić information content (AvgIpc) is 2.57. The molecule has 0 bridgehead atoms. The average molecular weight is 183 g/mol.